The highest BCUT2D eigenvalue weighted by atomic mass is 16.5. The van der Waals surface area contributed by atoms with Gasteiger partial charge >= 0.3 is 0 Å². The number of unbranched alkanes of at least 4 members (excludes halogenated alkanes) is 1. The summed E-state index contributed by atoms with van der Waals surface area (Å²) in [5, 5.41) is 8.01. The third-order valence-electron chi connectivity index (χ3n) is 6.37. The molecule has 0 saturated heterocycles. The number of hydrogen-bond donors (Lipinski definition) is 2. The molecule has 0 bridgehead atoms. The van der Waals surface area contributed by atoms with Gasteiger partial charge < -0.3 is 38.4 Å². The first kappa shape index (κ1) is 26.7. The summed E-state index contributed by atoms with van der Waals surface area (Å²) in [4.78, 5) is 25.1. The summed E-state index contributed by atoms with van der Waals surface area (Å²) < 4.78 is 33.6. The molecule has 202 valence electrons. The Labute approximate surface area is 220 Å². The number of carbonyl (C=O) groups is 2. The molecule has 0 aliphatic rings. The minimum absolute atomic E-state index is 0.154. The van der Waals surface area contributed by atoms with Gasteiger partial charge in [-0.3, -0.25) is 9.59 Å². The summed E-state index contributed by atoms with van der Waals surface area (Å²) in [6, 6.07) is 3.49. The van der Waals surface area contributed by atoms with Crippen LogP contribution in [0.5, 0.6) is 23.0 Å². The Kier molecular flexibility index (Phi) is 7.99. The summed E-state index contributed by atoms with van der Waals surface area (Å²) in [5.41, 5.74) is 2.88. The Morgan fingerprint density at radius 3 is 1.34 bits per heavy atom. The summed E-state index contributed by atoms with van der Waals surface area (Å²) in [5.74, 6) is 1.47. The molecule has 10 heteroatoms. The van der Waals surface area contributed by atoms with Crippen LogP contribution >= 0.6 is 0 Å². The second-order valence-electron chi connectivity index (χ2n) is 8.63. The lowest BCUT2D eigenvalue weighted by atomic mass is 10.0. The highest BCUT2D eigenvalue weighted by Gasteiger charge is 2.27. The van der Waals surface area contributed by atoms with Gasteiger partial charge in [-0.2, -0.15) is 0 Å². The Bertz CT molecular complexity index is 1370. The van der Waals surface area contributed by atoms with Crippen LogP contribution in [0.15, 0.2) is 33.5 Å². The molecular formula is C28H32N2O8. The summed E-state index contributed by atoms with van der Waals surface area (Å²) in [7, 11) is 6.11. The molecule has 2 heterocycles. The molecule has 0 aliphatic heterocycles. The van der Waals surface area contributed by atoms with Gasteiger partial charge in [-0.05, 0) is 38.8 Å². The van der Waals surface area contributed by atoms with Crippen molar-refractivity contribution < 1.29 is 37.4 Å². The lowest BCUT2D eigenvalue weighted by molar-refractivity contribution is 0.100. The average Bonchev–Trinajstić information content (AvgIpc) is 3.58. The van der Waals surface area contributed by atoms with Gasteiger partial charge in [-0.1, -0.05) is 0 Å². The molecule has 0 radical (unpaired) electrons. The number of anilines is 2. The fourth-order valence-electron chi connectivity index (χ4n) is 4.78. The van der Waals surface area contributed by atoms with Gasteiger partial charge in [0.15, 0.2) is 34.2 Å². The van der Waals surface area contributed by atoms with Crippen LogP contribution in [0, 0.1) is 0 Å². The van der Waals surface area contributed by atoms with Crippen molar-refractivity contribution in [3.05, 3.63) is 35.8 Å². The van der Waals surface area contributed by atoms with Crippen LogP contribution < -0.4 is 29.6 Å². The molecule has 10 nitrogen and oxygen atoms in total. The minimum Gasteiger partial charge on any atom is -0.495 e. The number of nitrogens with one attached hydrogen (secondary N) is 2. The van der Waals surface area contributed by atoms with Crippen molar-refractivity contribution in [1.82, 2.24) is 0 Å². The number of hydrogen-bond acceptors (Lipinski definition) is 10. The van der Waals surface area contributed by atoms with E-state index in [1.165, 1.54) is 54.8 Å². The van der Waals surface area contributed by atoms with Gasteiger partial charge in [-0.25, -0.2) is 0 Å². The van der Waals surface area contributed by atoms with Crippen LogP contribution in [0.3, 0.4) is 0 Å². The predicted octanol–water partition coefficient (Wildman–Crippen LogP) is 5.92. The van der Waals surface area contributed by atoms with E-state index in [1.54, 1.807) is 12.1 Å². The maximum Gasteiger partial charge on any atom is 0.186 e. The second kappa shape index (κ2) is 11.4. The smallest absolute Gasteiger partial charge is 0.186 e. The molecule has 2 aromatic heterocycles. The molecule has 0 unspecified atom stereocenters. The zero-order valence-corrected chi connectivity index (χ0v) is 22.4. The van der Waals surface area contributed by atoms with Crippen LogP contribution in [0.4, 0.5) is 11.4 Å². The van der Waals surface area contributed by atoms with Gasteiger partial charge in [0.25, 0.3) is 0 Å². The molecule has 4 aromatic rings. The fraction of sp³-hybridized carbons (Fsp3) is 0.357. The first-order valence-corrected chi connectivity index (χ1v) is 12.2. The van der Waals surface area contributed by atoms with Gasteiger partial charge in [0.05, 0.1) is 74.2 Å². The van der Waals surface area contributed by atoms with Crippen LogP contribution in [-0.4, -0.2) is 53.1 Å². The van der Waals surface area contributed by atoms with E-state index in [2.05, 4.69) is 10.6 Å². The number of Topliss-reactive ketones (excluding diaryl/α,β-unsaturated/α-hetero) is 2. The first-order chi connectivity index (χ1) is 18.4. The highest BCUT2D eigenvalue weighted by molar-refractivity contribution is 6.12. The Morgan fingerprint density at radius 2 is 1.03 bits per heavy atom. The molecule has 2 aromatic carbocycles. The van der Waals surface area contributed by atoms with Crippen molar-refractivity contribution in [3.63, 3.8) is 0 Å². The normalized spacial score (nSPS) is 11.0. The number of benzene rings is 2. The number of rotatable bonds is 13. The van der Waals surface area contributed by atoms with Crippen molar-refractivity contribution in [2.75, 3.05) is 52.2 Å². The van der Waals surface area contributed by atoms with Crippen LogP contribution in [0.2, 0.25) is 0 Å². The maximum atomic E-state index is 12.6. The predicted molar refractivity (Wildman–Crippen MR) is 145 cm³/mol. The van der Waals surface area contributed by atoms with Crippen LogP contribution in [-0.2, 0) is 0 Å². The molecule has 4 rings (SSSR count). The van der Waals surface area contributed by atoms with E-state index in [1.807, 2.05) is 0 Å². The van der Waals surface area contributed by atoms with E-state index in [0.29, 0.717) is 80.5 Å². The lowest BCUT2D eigenvalue weighted by Crippen LogP contribution is -2.13. The summed E-state index contributed by atoms with van der Waals surface area (Å²) >= 11 is 0. The van der Waals surface area contributed by atoms with Crippen molar-refractivity contribution in [2.24, 2.45) is 0 Å². The Balaban J connectivity index is 1.51. The first-order valence-electron chi connectivity index (χ1n) is 12.2. The number of ether oxygens (including phenoxy) is 4. The standard InChI is InChI=1S/C28H32N2O8/c1-15(31)19-21(27(35-5)25-17(9-13-37-25)23(19)33-3)29-11-7-8-12-30-22-20(16(2)32)24(34-4)18-10-14-38-26(18)28(22)36-6/h9-10,13-14,29-30H,7-8,11-12H2,1-6H3. The number of fused-ring (bicyclic) bond motifs is 2. The molecule has 2 N–H and O–H groups in total. The third-order valence-corrected chi connectivity index (χ3v) is 6.37. The van der Waals surface area contributed by atoms with Crippen molar-refractivity contribution >= 4 is 44.9 Å². The Morgan fingerprint density at radius 1 is 0.658 bits per heavy atom. The fourth-order valence-corrected chi connectivity index (χ4v) is 4.78. The number of carbonyl (C=O) groups excluding carboxylic acids is 2. The zero-order chi connectivity index (χ0) is 27.4. The highest BCUT2D eigenvalue weighted by Crippen LogP contribution is 2.46. The van der Waals surface area contributed by atoms with Crippen LogP contribution in [0.25, 0.3) is 21.9 Å². The van der Waals surface area contributed by atoms with Gasteiger partial charge in [-0.15, -0.1) is 0 Å². The quantitative estimate of drug-likeness (QED) is 0.161. The number of furan rings is 2. The average molecular weight is 525 g/mol. The number of ketones is 2. The summed E-state index contributed by atoms with van der Waals surface area (Å²) in [6.45, 7) is 4.07. The SMILES string of the molecule is COc1c(C(C)=O)c(NCCCCNc2c(C(C)=O)c(OC)c3ccoc3c2OC)c(OC)c2occc12. The molecule has 0 spiro atoms. The van der Waals surface area contributed by atoms with E-state index in [0.717, 1.165) is 12.8 Å². The minimum atomic E-state index is -0.154. The third kappa shape index (κ3) is 4.57. The van der Waals surface area contributed by atoms with Gasteiger partial charge in [0.2, 0.25) is 0 Å². The van der Waals surface area contributed by atoms with E-state index in [4.69, 9.17) is 27.8 Å². The molecular weight excluding hydrogens is 492 g/mol. The molecule has 0 aliphatic carbocycles. The van der Waals surface area contributed by atoms with Crippen molar-refractivity contribution in [2.45, 2.75) is 26.7 Å². The monoisotopic (exact) mass is 524 g/mol. The second-order valence-corrected chi connectivity index (χ2v) is 8.63. The summed E-state index contributed by atoms with van der Waals surface area (Å²) in [6.07, 6.45) is 4.55. The van der Waals surface area contributed by atoms with Crippen molar-refractivity contribution in [3.8, 4) is 23.0 Å². The Hall–Kier alpha value is -4.34. The van der Waals surface area contributed by atoms with E-state index >= 15 is 0 Å². The largest absolute Gasteiger partial charge is 0.495 e. The van der Waals surface area contributed by atoms with Gasteiger partial charge in [0, 0.05) is 13.1 Å². The maximum absolute atomic E-state index is 12.6. The molecule has 0 saturated carbocycles. The molecule has 0 fully saturated rings. The molecule has 0 atom stereocenters. The van der Waals surface area contributed by atoms with E-state index in [-0.39, 0.29) is 11.6 Å². The topological polar surface area (TPSA) is 121 Å². The van der Waals surface area contributed by atoms with Crippen molar-refractivity contribution in [1.29, 1.82) is 0 Å². The zero-order valence-electron chi connectivity index (χ0n) is 22.4. The number of methoxy groups -OCH3 is 4. The van der Waals surface area contributed by atoms with Gasteiger partial charge in [0.1, 0.15) is 11.5 Å². The lowest BCUT2D eigenvalue weighted by Gasteiger charge is -2.19. The van der Waals surface area contributed by atoms with E-state index in [9.17, 15) is 9.59 Å². The molecule has 0 amide bonds. The van der Waals surface area contributed by atoms with Crippen LogP contribution in [0.1, 0.15) is 47.4 Å². The molecule has 38 heavy (non-hydrogen) atoms. The van der Waals surface area contributed by atoms with E-state index < -0.39 is 0 Å².